The largest absolute Gasteiger partial charge is 0.390 e. The van der Waals surface area contributed by atoms with Crippen molar-refractivity contribution in [1.82, 2.24) is 4.90 Å². The zero-order chi connectivity index (χ0) is 19.0. The van der Waals surface area contributed by atoms with Crippen LogP contribution in [-0.2, 0) is 24.7 Å². The minimum Gasteiger partial charge on any atom is -0.390 e. The van der Waals surface area contributed by atoms with Gasteiger partial charge in [-0.2, -0.15) is 0 Å². The lowest BCUT2D eigenvalue weighted by Crippen LogP contribution is -2.49. The van der Waals surface area contributed by atoms with Crippen LogP contribution in [0.25, 0.3) is 0 Å². The number of aliphatic hydroxyl groups excluding tert-OH is 1. The quantitative estimate of drug-likeness (QED) is 0.717. The molecule has 0 aromatic heterocycles. The van der Waals surface area contributed by atoms with E-state index in [9.17, 15) is 26.7 Å². The molecule has 1 heterocycles. The summed E-state index contributed by atoms with van der Waals surface area (Å²) in [6.07, 6.45) is -0.179. The highest BCUT2D eigenvalue weighted by atomic mass is 32.2. The number of aryl methyl sites for hydroxylation is 1. The number of likely N-dealkylation sites (N-methyl/N-ethyl adjacent to an activating group) is 1. The number of hydrogen-bond donors (Lipinski definition) is 1. The molecule has 0 spiro atoms. The van der Waals surface area contributed by atoms with Gasteiger partial charge in [0.05, 0.1) is 35.6 Å². The molecular weight excluding hydrogens is 368 g/mol. The molecule has 0 unspecified atom stereocenters. The summed E-state index contributed by atoms with van der Waals surface area (Å²) < 4.78 is 48.4. The molecule has 0 radical (unpaired) electrons. The van der Waals surface area contributed by atoms with Crippen LogP contribution in [0.5, 0.6) is 0 Å². The van der Waals surface area contributed by atoms with E-state index in [4.69, 9.17) is 0 Å². The maximum absolute atomic E-state index is 12.5. The highest BCUT2D eigenvalue weighted by Gasteiger charge is 2.40. The van der Waals surface area contributed by atoms with E-state index in [-0.39, 0.29) is 5.75 Å². The SMILES string of the molecule is Cc1cccc(N(CC(=O)N(C)[C@@H]2CS(=O)(=O)C[C@H]2O)S(C)(=O)=O)c1. The number of hydrogen-bond acceptors (Lipinski definition) is 6. The first-order valence-electron chi connectivity index (χ1n) is 7.59. The van der Waals surface area contributed by atoms with Crippen LogP contribution in [0, 0.1) is 6.92 Å². The van der Waals surface area contributed by atoms with E-state index in [1.165, 1.54) is 7.05 Å². The van der Waals surface area contributed by atoms with Gasteiger partial charge < -0.3 is 10.0 Å². The minimum atomic E-state index is -3.72. The third kappa shape index (κ3) is 4.71. The Hall–Kier alpha value is -1.65. The van der Waals surface area contributed by atoms with Gasteiger partial charge in [-0.1, -0.05) is 12.1 Å². The molecule has 1 aliphatic heterocycles. The van der Waals surface area contributed by atoms with Crippen LogP contribution in [0.15, 0.2) is 24.3 Å². The van der Waals surface area contributed by atoms with Crippen LogP contribution in [0.2, 0.25) is 0 Å². The lowest BCUT2D eigenvalue weighted by atomic mass is 10.2. The van der Waals surface area contributed by atoms with Crippen molar-refractivity contribution in [3.8, 4) is 0 Å². The fourth-order valence-corrected chi connectivity index (χ4v) is 5.47. The lowest BCUT2D eigenvalue weighted by Gasteiger charge is -2.29. The molecular formula is C15H22N2O6S2. The standard InChI is InChI=1S/C15H22N2O6S2/c1-11-5-4-6-12(7-11)17(24(3,20)21)8-15(19)16(2)13-9-25(22,23)10-14(13)18/h4-7,13-14,18H,8-10H2,1-3H3/t13-,14-/m1/s1. The Morgan fingerprint density at radius 2 is 1.96 bits per heavy atom. The Labute approximate surface area is 148 Å². The van der Waals surface area contributed by atoms with Gasteiger partial charge in [0.25, 0.3) is 0 Å². The van der Waals surface area contributed by atoms with Gasteiger partial charge in [-0.05, 0) is 24.6 Å². The second kappa shape index (κ2) is 6.93. The first-order valence-corrected chi connectivity index (χ1v) is 11.3. The number of anilines is 1. The van der Waals surface area contributed by atoms with E-state index < -0.39 is 50.2 Å². The minimum absolute atomic E-state index is 0.334. The summed E-state index contributed by atoms with van der Waals surface area (Å²) in [5.41, 5.74) is 1.19. The fraction of sp³-hybridized carbons (Fsp3) is 0.533. The number of aliphatic hydroxyl groups is 1. The van der Waals surface area contributed by atoms with E-state index in [2.05, 4.69) is 0 Å². The number of rotatable bonds is 5. The Morgan fingerprint density at radius 1 is 1.32 bits per heavy atom. The van der Waals surface area contributed by atoms with Crippen molar-refractivity contribution in [3.63, 3.8) is 0 Å². The maximum Gasteiger partial charge on any atom is 0.243 e. The average molecular weight is 390 g/mol. The highest BCUT2D eigenvalue weighted by Crippen LogP contribution is 2.21. The second-order valence-corrected chi connectivity index (χ2v) is 10.4. The number of sulfonamides is 1. The van der Waals surface area contributed by atoms with E-state index >= 15 is 0 Å². The summed E-state index contributed by atoms with van der Waals surface area (Å²) in [7, 11) is -5.76. The third-order valence-corrected chi connectivity index (χ3v) is 6.99. The van der Waals surface area contributed by atoms with Crippen LogP contribution >= 0.6 is 0 Å². The molecule has 0 saturated carbocycles. The molecule has 25 heavy (non-hydrogen) atoms. The second-order valence-electron chi connectivity index (χ2n) is 6.32. The molecule has 1 fully saturated rings. The van der Waals surface area contributed by atoms with Crippen molar-refractivity contribution in [3.05, 3.63) is 29.8 Å². The summed E-state index contributed by atoms with van der Waals surface area (Å²) in [5, 5.41) is 9.89. The first-order chi connectivity index (χ1) is 11.4. The zero-order valence-electron chi connectivity index (χ0n) is 14.3. The van der Waals surface area contributed by atoms with Gasteiger partial charge >= 0.3 is 0 Å². The lowest BCUT2D eigenvalue weighted by molar-refractivity contribution is -0.131. The third-order valence-electron chi connectivity index (χ3n) is 4.15. The van der Waals surface area contributed by atoms with Gasteiger partial charge in [0.2, 0.25) is 15.9 Å². The predicted octanol–water partition coefficient (Wildman–Crippen LogP) is -0.623. The van der Waals surface area contributed by atoms with Crippen molar-refractivity contribution in [2.45, 2.75) is 19.1 Å². The first kappa shape index (κ1) is 19.7. The van der Waals surface area contributed by atoms with E-state index in [0.717, 1.165) is 21.0 Å². The maximum atomic E-state index is 12.5. The van der Waals surface area contributed by atoms with Crippen LogP contribution in [0.4, 0.5) is 5.69 Å². The average Bonchev–Trinajstić information content (AvgIpc) is 2.75. The molecule has 0 bridgehead atoms. The smallest absolute Gasteiger partial charge is 0.243 e. The summed E-state index contributed by atoms with van der Waals surface area (Å²) in [5.74, 6) is -1.32. The Balaban J connectivity index is 2.23. The van der Waals surface area contributed by atoms with Gasteiger partial charge in [0, 0.05) is 7.05 Å². The number of sulfone groups is 1. The van der Waals surface area contributed by atoms with Gasteiger partial charge in [-0.25, -0.2) is 16.8 Å². The molecule has 10 heteroatoms. The van der Waals surface area contributed by atoms with E-state index in [0.29, 0.717) is 5.69 Å². The Morgan fingerprint density at radius 3 is 2.44 bits per heavy atom. The molecule has 1 saturated heterocycles. The molecule has 8 nitrogen and oxygen atoms in total. The predicted molar refractivity (Wildman–Crippen MR) is 94.6 cm³/mol. The highest BCUT2D eigenvalue weighted by molar-refractivity contribution is 7.92. The Kier molecular flexibility index (Phi) is 5.45. The molecule has 2 atom stereocenters. The number of carbonyl (C=O) groups excluding carboxylic acids is 1. The van der Waals surface area contributed by atoms with Gasteiger partial charge in [-0.3, -0.25) is 9.10 Å². The van der Waals surface area contributed by atoms with E-state index in [1.54, 1.807) is 31.2 Å². The molecule has 1 aliphatic rings. The summed E-state index contributed by atoms with van der Waals surface area (Å²) in [6.45, 7) is 1.33. The number of carbonyl (C=O) groups is 1. The summed E-state index contributed by atoms with van der Waals surface area (Å²) >= 11 is 0. The topological polar surface area (TPSA) is 112 Å². The van der Waals surface area contributed by atoms with Gasteiger partial charge in [0.15, 0.2) is 9.84 Å². The number of amides is 1. The van der Waals surface area contributed by atoms with Gasteiger partial charge in [0.1, 0.15) is 6.54 Å². The van der Waals surface area contributed by atoms with E-state index in [1.807, 2.05) is 0 Å². The van der Waals surface area contributed by atoms with Crippen molar-refractivity contribution in [1.29, 1.82) is 0 Å². The zero-order valence-corrected chi connectivity index (χ0v) is 15.9. The molecule has 1 aromatic carbocycles. The van der Waals surface area contributed by atoms with Crippen molar-refractivity contribution in [2.24, 2.45) is 0 Å². The normalized spacial score (nSPS) is 22.6. The molecule has 140 valence electrons. The van der Waals surface area contributed by atoms with Crippen LogP contribution in [0.1, 0.15) is 5.56 Å². The molecule has 1 aromatic rings. The van der Waals surface area contributed by atoms with Crippen molar-refractivity contribution < 1.29 is 26.7 Å². The summed E-state index contributed by atoms with van der Waals surface area (Å²) in [4.78, 5) is 13.6. The van der Waals surface area contributed by atoms with Gasteiger partial charge in [-0.15, -0.1) is 0 Å². The van der Waals surface area contributed by atoms with Crippen molar-refractivity contribution in [2.75, 3.05) is 35.7 Å². The number of nitrogens with zero attached hydrogens (tertiary/aromatic N) is 2. The molecule has 2 rings (SSSR count). The van der Waals surface area contributed by atoms with Crippen LogP contribution in [-0.4, -0.2) is 76.2 Å². The molecule has 1 amide bonds. The van der Waals surface area contributed by atoms with Crippen molar-refractivity contribution >= 4 is 31.5 Å². The fourth-order valence-electron chi connectivity index (χ4n) is 2.78. The Bertz CT molecular complexity index is 866. The molecule has 1 N–H and O–H groups in total. The molecule has 0 aliphatic carbocycles. The monoisotopic (exact) mass is 390 g/mol. The summed E-state index contributed by atoms with van der Waals surface area (Å²) in [6, 6.07) is 5.83. The number of benzene rings is 1. The van der Waals surface area contributed by atoms with Crippen LogP contribution < -0.4 is 4.31 Å². The van der Waals surface area contributed by atoms with Crippen LogP contribution in [0.3, 0.4) is 0 Å².